The molecule has 0 aromatic carbocycles. The standard InChI is InChI=1S/C3HNO6S/c5-3-4-2(1-8-3)9-11(6,7)10-4/h1H. The van der Waals surface area contributed by atoms with Crippen LogP contribution in [0.2, 0.25) is 0 Å². The van der Waals surface area contributed by atoms with Gasteiger partial charge in [-0.25, -0.2) is 9.08 Å². The minimum atomic E-state index is -4.08. The highest BCUT2D eigenvalue weighted by atomic mass is 32.3. The summed E-state index contributed by atoms with van der Waals surface area (Å²) in [6.45, 7) is 0. The van der Waals surface area contributed by atoms with Gasteiger partial charge in [0.05, 0.1) is 0 Å². The lowest BCUT2D eigenvalue weighted by Gasteiger charge is -1.86. The van der Waals surface area contributed by atoms with Gasteiger partial charge in [0.25, 0.3) is 5.88 Å². The number of oxazole rings is 1. The Hall–Kier alpha value is -1.44. The highest BCUT2D eigenvalue weighted by Crippen LogP contribution is 2.16. The summed E-state index contributed by atoms with van der Waals surface area (Å²) in [5, 5.41) is 0. The van der Waals surface area contributed by atoms with Crippen molar-refractivity contribution in [1.29, 1.82) is 0 Å². The number of rotatable bonds is 0. The molecule has 1 aliphatic heterocycles. The van der Waals surface area contributed by atoms with Crippen LogP contribution in [0, 0.1) is 0 Å². The van der Waals surface area contributed by atoms with Crippen molar-refractivity contribution in [2.75, 3.05) is 0 Å². The van der Waals surface area contributed by atoms with E-state index in [1.54, 1.807) is 0 Å². The lowest BCUT2D eigenvalue weighted by molar-refractivity contribution is 0.262. The number of hydrogen-bond acceptors (Lipinski definition) is 6. The first-order valence-electron chi connectivity index (χ1n) is 2.43. The molecule has 1 aromatic rings. The lowest BCUT2D eigenvalue weighted by Crippen LogP contribution is -2.21. The topological polar surface area (TPSA) is 87.7 Å². The van der Waals surface area contributed by atoms with Crippen LogP contribution in [-0.2, 0) is 10.4 Å². The molecule has 2 heterocycles. The fourth-order valence-corrected chi connectivity index (χ4v) is 1.28. The predicted molar refractivity (Wildman–Crippen MR) is 29.1 cm³/mol. The van der Waals surface area contributed by atoms with Crippen molar-refractivity contribution in [3.63, 3.8) is 0 Å². The summed E-state index contributed by atoms with van der Waals surface area (Å²) in [6, 6.07) is 0. The molecule has 0 spiro atoms. The van der Waals surface area contributed by atoms with Crippen LogP contribution in [0.3, 0.4) is 0 Å². The molecule has 0 N–H and O–H groups in total. The number of hydrogen-bond donors (Lipinski definition) is 0. The Morgan fingerprint density at radius 2 is 2.18 bits per heavy atom. The molecule has 2 rings (SSSR count). The molecule has 0 amide bonds. The fraction of sp³-hybridized carbons (Fsp3) is 0. The van der Waals surface area contributed by atoms with Crippen molar-refractivity contribution in [3.05, 3.63) is 16.8 Å². The van der Waals surface area contributed by atoms with E-state index in [1.807, 2.05) is 0 Å². The van der Waals surface area contributed by atoms with Crippen LogP contribution in [0.5, 0.6) is 5.88 Å². The monoisotopic (exact) mass is 179 g/mol. The van der Waals surface area contributed by atoms with Gasteiger partial charge in [0, 0.05) is 0 Å². The van der Waals surface area contributed by atoms with E-state index < -0.39 is 16.2 Å². The van der Waals surface area contributed by atoms with Gasteiger partial charge >= 0.3 is 16.2 Å². The quantitative estimate of drug-likeness (QED) is 0.482. The van der Waals surface area contributed by atoms with Gasteiger partial charge in [-0.2, -0.15) is 0 Å². The summed E-state index contributed by atoms with van der Waals surface area (Å²) in [5.74, 6) is -1.23. The third-order valence-corrected chi connectivity index (χ3v) is 1.69. The fourth-order valence-electron chi connectivity index (χ4n) is 0.618. The molecular weight excluding hydrogens is 178 g/mol. The van der Waals surface area contributed by atoms with Crippen LogP contribution in [0.25, 0.3) is 0 Å². The van der Waals surface area contributed by atoms with Gasteiger partial charge in [-0.1, -0.05) is 0 Å². The molecule has 11 heavy (non-hydrogen) atoms. The Labute approximate surface area is 60.0 Å². The van der Waals surface area contributed by atoms with Crippen LogP contribution in [0.1, 0.15) is 0 Å². The highest BCUT2D eigenvalue weighted by molar-refractivity contribution is 7.82. The second-order valence-electron chi connectivity index (χ2n) is 1.70. The molecule has 1 aliphatic rings. The minimum absolute atomic E-state index is 0.282. The SMILES string of the molecule is O=c1occ2n1OS(=O)(=O)O2. The lowest BCUT2D eigenvalue weighted by atomic mass is 10.9. The smallest absolute Gasteiger partial charge is 0.410 e. The Kier molecular flexibility index (Phi) is 0.906. The van der Waals surface area contributed by atoms with Crippen LogP contribution in [0.4, 0.5) is 0 Å². The van der Waals surface area contributed by atoms with Crippen LogP contribution in [-0.4, -0.2) is 13.1 Å². The van der Waals surface area contributed by atoms with Crippen molar-refractivity contribution >= 4 is 10.4 Å². The molecule has 7 nitrogen and oxygen atoms in total. The van der Waals surface area contributed by atoms with Crippen molar-refractivity contribution < 1.29 is 21.3 Å². The van der Waals surface area contributed by atoms with Crippen LogP contribution >= 0.6 is 0 Å². The van der Waals surface area contributed by atoms with E-state index in [0.717, 1.165) is 6.26 Å². The Morgan fingerprint density at radius 3 is 2.82 bits per heavy atom. The molecule has 60 valence electrons. The van der Waals surface area contributed by atoms with Crippen molar-refractivity contribution in [3.8, 4) is 5.88 Å². The summed E-state index contributed by atoms with van der Waals surface area (Å²) in [7, 11) is -4.08. The molecule has 8 heteroatoms. The molecule has 1 aromatic heterocycles. The molecule has 0 atom stereocenters. The average molecular weight is 179 g/mol. The Balaban J connectivity index is 2.68. The van der Waals surface area contributed by atoms with Gasteiger partial charge in [-0.3, -0.25) is 0 Å². The summed E-state index contributed by atoms with van der Waals surface area (Å²) < 4.78 is 33.7. The van der Waals surface area contributed by atoms with E-state index in [4.69, 9.17) is 0 Å². The van der Waals surface area contributed by atoms with Crippen LogP contribution < -0.4 is 14.2 Å². The largest absolute Gasteiger partial charge is 0.522 e. The van der Waals surface area contributed by atoms with Gasteiger partial charge in [0.1, 0.15) is 0 Å². The zero-order valence-electron chi connectivity index (χ0n) is 4.88. The number of fused-ring (bicyclic) bond motifs is 1. The first-order chi connectivity index (χ1) is 5.08. The van der Waals surface area contributed by atoms with Crippen molar-refractivity contribution in [2.24, 2.45) is 0 Å². The van der Waals surface area contributed by atoms with E-state index in [2.05, 4.69) is 12.9 Å². The third kappa shape index (κ3) is 0.792. The summed E-state index contributed by atoms with van der Waals surface area (Å²) in [6.07, 6.45) is 0.840. The average Bonchev–Trinajstić information content (AvgIpc) is 2.31. The van der Waals surface area contributed by atoms with E-state index in [0.29, 0.717) is 4.73 Å². The number of nitrogens with zero attached hydrogens (tertiary/aromatic N) is 1. The van der Waals surface area contributed by atoms with E-state index in [-0.39, 0.29) is 5.88 Å². The van der Waals surface area contributed by atoms with Gasteiger partial charge < -0.3 is 8.60 Å². The Morgan fingerprint density at radius 1 is 1.45 bits per heavy atom. The Bertz CT molecular complexity index is 437. The molecule has 0 bridgehead atoms. The predicted octanol–water partition coefficient (Wildman–Crippen LogP) is -1.49. The van der Waals surface area contributed by atoms with Crippen molar-refractivity contribution in [1.82, 2.24) is 4.73 Å². The highest BCUT2D eigenvalue weighted by Gasteiger charge is 2.31. The third-order valence-electron chi connectivity index (χ3n) is 0.980. The van der Waals surface area contributed by atoms with E-state index >= 15 is 0 Å². The second kappa shape index (κ2) is 1.59. The van der Waals surface area contributed by atoms with Crippen molar-refractivity contribution in [2.45, 2.75) is 0 Å². The van der Waals surface area contributed by atoms with Gasteiger partial charge in [-0.15, -0.1) is 8.42 Å². The van der Waals surface area contributed by atoms with E-state index in [9.17, 15) is 13.2 Å². The van der Waals surface area contributed by atoms with Gasteiger partial charge in [0.2, 0.25) is 0 Å². The summed E-state index contributed by atoms with van der Waals surface area (Å²) in [5.41, 5.74) is 0. The molecule has 0 saturated carbocycles. The summed E-state index contributed by atoms with van der Waals surface area (Å²) in [4.78, 5) is 10.5. The summed E-state index contributed by atoms with van der Waals surface area (Å²) >= 11 is 0. The second-order valence-corrected chi connectivity index (χ2v) is 2.83. The van der Waals surface area contributed by atoms with Gasteiger partial charge in [0.15, 0.2) is 6.26 Å². The van der Waals surface area contributed by atoms with Gasteiger partial charge in [-0.05, 0) is 4.73 Å². The van der Waals surface area contributed by atoms with E-state index in [1.165, 1.54) is 0 Å². The number of aromatic nitrogens is 1. The maximum absolute atomic E-state index is 10.5. The molecule has 0 fully saturated rings. The molecule has 0 aliphatic carbocycles. The zero-order chi connectivity index (χ0) is 8.06. The van der Waals surface area contributed by atoms with Crippen LogP contribution in [0.15, 0.2) is 15.5 Å². The molecular formula is C3HNO6S. The first kappa shape index (κ1) is 6.28. The first-order valence-corrected chi connectivity index (χ1v) is 3.77. The molecule has 0 saturated heterocycles. The molecule has 0 radical (unpaired) electrons. The normalized spacial score (nSPS) is 18.5. The zero-order valence-corrected chi connectivity index (χ0v) is 5.70. The molecule has 0 unspecified atom stereocenters. The minimum Gasteiger partial charge on any atom is -0.410 e. The maximum atomic E-state index is 10.5. The maximum Gasteiger partial charge on any atom is 0.522 e.